The molecule has 18 heavy (non-hydrogen) atoms. The first kappa shape index (κ1) is 12.3. The van der Waals surface area contributed by atoms with Gasteiger partial charge in [0.25, 0.3) is 0 Å². The summed E-state index contributed by atoms with van der Waals surface area (Å²) in [6.07, 6.45) is 0. The third-order valence-corrected chi connectivity index (χ3v) is 2.61. The van der Waals surface area contributed by atoms with Crippen molar-refractivity contribution in [2.45, 2.75) is 19.9 Å². The van der Waals surface area contributed by atoms with Crippen LogP contribution in [0.5, 0.6) is 0 Å². The molecule has 0 saturated carbocycles. The molecule has 2 aromatic rings. The fraction of sp³-hybridized carbons (Fsp3) is 0.231. The van der Waals surface area contributed by atoms with Gasteiger partial charge in [-0.05, 0) is 19.9 Å². The van der Waals surface area contributed by atoms with Gasteiger partial charge in [0.15, 0.2) is 0 Å². The molecule has 4 nitrogen and oxygen atoms in total. The Bertz CT molecular complexity index is 536. The van der Waals surface area contributed by atoms with Gasteiger partial charge < -0.3 is 11.1 Å². The lowest BCUT2D eigenvalue weighted by molar-refractivity contribution is 0.600. The summed E-state index contributed by atoms with van der Waals surface area (Å²) in [7, 11) is 0. The number of nitrogens with one attached hydrogen (secondary N) is 1. The van der Waals surface area contributed by atoms with E-state index in [1.165, 1.54) is 6.07 Å². The van der Waals surface area contributed by atoms with E-state index in [1.54, 1.807) is 24.3 Å². The second-order valence-corrected chi connectivity index (χ2v) is 4.14. The highest BCUT2D eigenvalue weighted by Crippen LogP contribution is 2.20. The largest absolute Gasteiger partial charge is 0.368 e. The number of anilines is 2. The molecule has 0 saturated heterocycles. The molecule has 0 radical (unpaired) electrons. The topological polar surface area (TPSA) is 63.8 Å². The second-order valence-electron chi connectivity index (χ2n) is 4.14. The first-order valence-electron chi connectivity index (χ1n) is 5.68. The number of nitrogen functional groups attached to an aromatic ring is 1. The van der Waals surface area contributed by atoms with Gasteiger partial charge in [-0.2, -0.15) is 4.98 Å². The molecule has 3 N–H and O–H groups in total. The number of hydrogen-bond donors (Lipinski definition) is 2. The SMILES string of the molecule is Cc1cc(N[C@H](C)c2ccccc2F)nc(N)n1. The van der Waals surface area contributed by atoms with Gasteiger partial charge in [-0.1, -0.05) is 18.2 Å². The Morgan fingerprint density at radius 2 is 2.00 bits per heavy atom. The van der Waals surface area contributed by atoms with Gasteiger partial charge in [0.2, 0.25) is 5.95 Å². The number of aromatic nitrogens is 2. The van der Waals surface area contributed by atoms with E-state index in [1.807, 2.05) is 13.8 Å². The molecule has 0 fully saturated rings. The number of aryl methyl sites for hydroxylation is 1. The van der Waals surface area contributed by atoms with Gasteiger partial charge in [0, 0.05) is 17.3 Å². The summed E-state index contributed by atoms with van der Waals surface area (Å²) < 4.78 is 13.6. The Kier molecular flexibility index (Phi) is 3.41. The van der Waals surface area contributed by atoms with Gasteiger partial charge >= 0.3 is 0 Å². The van der Waals surface area contributed by atoms with Crippen LogP contribution < -0.4 is 11.1 Å². The van der Waals surface area contributed by atoms with Gasteiger partial charge in [-0.25, -0.2) is 9.37 Å². The summed E-state index contributed by atoms with van der Waals surface area (Å²) in [5.41, 5.74) is 6.93. The molecule has 1 aromatic heterocycles. The van der Waals surface area contributed by atoms with Crippen molar-refractivity contribution in [1.82, 2.24) is 9.97 Å². The molecule has 0 bridgehead atoms. The monoisotopic (exact) mass is 246 g/mol. The Morgan fingerprint density at radius 1 is 1.28 bits per heavy atom. The summed E-state index contributed by atoms with van der Waals surface area (Å²) in [5.74, 6) is 0.560. The summed E-state index contributed by atoms with van der Waals surface area (Å²) in [6, 6.07) is 8.22. The van der Waals surface area contributed by atoms with Crippen molar-refractivity contribution < 1.29 is 4.39 Å². The molecule has 0 aliphatic carbocycles. The lowest BCUT2D eigenvalue weighted by atomic mass is 10.1. The van der Waals surface area contributed by atoms with Crippen LogP contribution in [0, 0.1) is 12.7 Å². The van der Waals surface area contributed by atoms with E-state index >= 15 is 0 Å². The predicted octanol–water partition coefficient (Wildman–Crippen LogP) is 2.68. The molecular weight excluding hydrogens is 231 g/mol. The van der Waals surface area contributed by atoms with Crippen LogP contribution in [0.25, 0.3) is 0 Å². The van der Waals surface area contributed by atoms with Crippen LogP contribution in [0.3, 0.4) is 0 Å². The van der Waals surface area contributed by atoms with E-state index in [0.29, 0.717) is 11.4 Å². The van der Waals surface area contributed by atoms with Crippen LogP contribution in [0.15, 0.2) is 30.3 Å². The number of halogens is 1. The van der Waals surface area contributed by atoms with Crippen molar-refractivity contribution in [3.05, 3.63) is 47.4 Å². The summed E-state index contributed by atoms with van der Waals surface area (Å²) >= 11 is 0. The number of nitrogens with zero attached hydrogens (tertiary/aromatic N) is 2. The molecule has 5 heteroatoms. The van der Waals surface area contributed by atoms with Gasteiger partial charge in [-0.15, -0.1) is 0 Å². The predicted molar refractivity (Wildman–Crippen MR) is 69.6 cm³/mol. The zero-order valence-electron chi connectivity index (χ0n) is 10.3. The molecule has 0 aliphatic rings. The zero-order chi connectivity index (χ0) is 13.1. The first-order chi connectivity index (χ1) is 8.56. The van der Waals surface area contributed by atoms with Gasteiger partial charge in [0.1, 0.15) is 11.6 Å². The molecule has 1 atom stereocenters. The van der Waals surface area contributed by atoms with E-state index in [0.717, 1.165) is 5.69 Å². The van der Waals surface area contributed by atoms with Crippen LogP contribution in [-0.4, -0.2) is 9.97 Å². The number of hydrogen-bond acceptors (Lipinski definition) is 4. The van der Waals surface area contributed by atoms with Crippen molar-refractivity contribution in [2.75, 3.05) is 11.1 Å². The highest BCUT2D eigenvalue weighted by Gasteiger charge is 2.11. The highest BCUT2D eigenvalue weighted by molar-refractivity contribution is 5.42. The standard InChI is InChI=1S/C13H15FN4/c1-8-7-12(18-13(15)16-8)17-9(2)10-5-3-4-6-11(10)14/h3-7,9H,1-2H3,(H3,15,16,17,18)/t9-/m1/s1. The van der Waals surface area contributed by atoms with Crippen LogP contribution in [0.2, 0.25) is 0 Å². The maximum Gasteiger partial charge on any atom is 0.222 e. The minimum absolute atomic E-state index is 0.195. The number of rotatable bonds is 3. The smallest absolute Gasteiger partial charge is 0.222 e. The van der Waals surface area contributed by atoms with Gasteiger partial charge in [-0.3, -0.25) is 0 Å². The van der Waals surface area contributed by atoms with Crippen molar-refractivity contribution in [3.8, 4) is 0 Å². The molecule has 0 unspecified atom stereocenters. The van der Waals surface area contributed by atoms with Crippen LogP contribution in [0.1, 0.15) is 24.2 Å². The molecule has 0 spiro atoms. The Morgan fingerprint density at radius 3 is 2.67 bits per heavy atom. The van der Waals surface area contributed by atoms with Crippen LogP contribution in [-0.2, 0) is 0 Å². The summed E-state index contributed by atoms with van der Waals surface area (Å²) in [5, 5.41) is 3.11. The second kappa shape index (κ2) is 5.00. The fourth-order valence-corrected chi connectivity index (χ4v) is 1.79. The Hall–Kier alpha value is -2.17. The first-order valence-corrected chi connectivity index (χ1v) is 5.68. The van der Waals surface area contributed by atoms with E-state index in [9.17, 15) is 4.39 Å². The average Bonchev–Trinajstić information content (AvgIpc) is 2.27. The molecule has 2 rings (SSSR count). The maximum atomic E-state index is 13.6. The molecule has 1 heterocycles. The van der Waals surface area contributed by atoms with E-state index in [4.69, 9.17) is 5.73 Å². The molecule has 0 aliphatic heterocycles. The number of nitrogens with two attached hydrogens (primary N) is 1. The van der Waals surface area contributed by atoms with E-state index in [2.05, 4.69) is 15.3 Å². The Balaban J connectivity index is 2.21. The van der Waals surface area contributed by atoms with Crippen LogP contribution >= 0.6 is 0 Å². The van der Waals surface area contributed by atoms with Crippen LogP contribution in [0.4, 0.5) is 16.2 Å². The zero-order valence-corrected chi connectivity index (χ0v) is 10.3. The van der Waals surface area contributed by atoms with Crippen molar-refractivity contribution in [1.29, 1.82) is 0 Å². The average molecular weight is 246 g/mol. The van der Waals surface area contributed by atoms with Crippen molar-refractivity contribution in [3.63, 3.8) is 0 Å². The quantitative estimate of drug-likeness (QED) is 0.874. The molecule has 0 amide bonds. The highest BCUT2D eigenvalue weighted by atomic mass is 19.1. The third-order valence-electron chi connectivity index (χ3n) is 2.61. The fourth-order valence-electron chi connectivity index (χ4n) is 1.79. The maximum absolute atomic E-state index is 13.6. The molecule has 1 aromatic carbocycles. The van der Waals surface area contributed by atoms with Crippen molar-refractivity contribution >= 4 is 11.8 Å². The lowest BCUT2D eigenvalue weighted by Gasteiger charge is -2.16. The lowest BCUT2D eigenvalue weighted by Crippen LogP contribution is -2.11. The van der Waals surface area contributed by atoms with Gasteiger partial charge in [0.05, 0.1) is 6.04 Å². The van der Waals surface area contributed by atoms with E-state index in [-0.39, 0.29) is 17.8 Å². The summed E-state index contributed by atoms with van der Waals surface area (Å²) in [6.45, 7) is 3.70. The third kappa shape index (κ3) is 2.74. The minimum Gasteiger partial charge on any atom is -0.368 e. The summed E-state index contributed by atoms with van der Waals surface area (Å²) in [4.78, 5) is 8.05. The molecule has 94 valence electrons. The minimum atomic E-state index is -0.240. The number of benzene rings is 1. The molecular formula is C13H15FN4. The van der Waals surface area contributed by atoms with E-state index < -0.39 is 0 Å². The Labute approximate surface area is 105 Å². The normalized spacial score (nSPS) is 12.2. The van der Waals surface area contributed by atoms with Crippen molar-refractivity contribution in [2.24, 2.45) is 0 Å².